The highest BCUT2D eigenvalue weighted by atomic mass is 15.4. The van der Waals surface area contributed by atoms with Crippen LogP contribution >= 0.6 is 0 Å². The van der Waals surface area contributed by atoms with Crippen LogP contribution in [0.3, 0.4) is 0 Å². The number of rotatable bonds is 3. The van der Waals surface area contributed by atoms with Crippen molar-refractivity contribution in [2.75, 3.05) is 22.9 Å². The van der Waals surface area contributed by atoms with Gasteiger partial charge in [-0.3, -0.25) is 9.80 Å². The molecular formula is C21H21N9. The molecule has 9 nitrogen and oxygen atoms in total. The van der Waals surface area contributed by atoms with E-state index in [0.717, 1.165) is 56.5 Å². The first kappa shape index (κ1) is 17.1. The minimum absolute atomic E-state index is 0.620. The van der Waals surface area contributed by atoms with Crippen LogP contribution in [0, 0.1) is 0 Å². The van der Waals surface area contributed by atoms with E-state index in [0.29, 0.717) is 17.7 Å². The molecule has 0 spiro atoms. The monoisotopic (exact) mass is 399 g/mol. The van der Waals surface area contributed by atoms with Gasteiger partial charge in [0.25, 0.3) is 0 Å². The van der Waals surface area contributed by atoms with Gasteiger partial charge in [-0.1, -0.05) is 30.3 Å². The van der Waals surface area contributed by atoms with E-state index >= 15 is 0 Å². The van der Waals surface area contributed by atoms with Crippen molar-refractivity contribution >= 4 is 23.8 Å². The van der Waals surface area contributed by atoms with Gasteiger partial charge in [0.15, 0.2) is 5.82 Å². The number of aryl methyl sites for hydroxylation is 2. The summed E-state index contributed by atoms with van der Waals surface area (Å²) < 4.78 is 4.28. The van der Waals surface area contributed by atoms with Crippen molar-refractivity contribution in [2.45, 2.75) is 25.9 Å². The average molecular weight is 399 g/mol. The van der Waals surface area contributed by atoms with Gasteiger partial charge in [-0.2, -0.15) is 15.0 Å². The van der Waals surface area contributed by atoms with Gasteiger partial charge in [-0.05, 0) is 12.8 Å². The lowest BCUT2D eigenvalue weighted by molar-refractivity contribution is 0.577. The maximum atomic E-state index is 4.89. The van der Waals surface area contributed by atoms with E-state index in [-0.39, 0.29) is 0 Å². The van der Waals surface area contributed by atoms with E-state index in [2.05, 4.69) is 28.9 Å². The highest BCUT2D eigenvalue weighted by molar-refractivity contribution is 5.63. The average Bonchev–Trinajstić information content (AvgIpc) is 3.48. The van der Waals surface area contributed by atoms with Gasteiger partial charge in [0.05, 0.1) is 0 Å². The molecule has 0 radical (unpaired) electrons. The maximum absolute atomic E-state index is 4.89. The molecule has 0 aliphatic carbocycles. The van der Waals surface area contributed by atoms with E-state index in [1.165, 1.54) is 0 Å². The number of nitrogens with zero attached hydrogens (tertiary/aromatic N) is 9. The lowest BCUT2D eigenvalue weighted by Gasteiger charge is -2.30. The predicted octanol–water partition coefficient (Wildman–Crippen LogP) is 3.02. The molecule has 0 saturated carbocycles. The van der Waals surface area contributed by atoms with E-state index < -0.39 is 0 Å². The fraction of sp³-hybridized carbons (Fsp3) is 0.286. The second kappa shape index (κ2) is 6.94. The van der Waals surface area contributed by atoms with Crippen molar-refractivity contribution in [3.05, 3.63) is 55.1 Å². The quantitative estimate of drug-likeness (QED) is 0.524. The summed E-state index contributed by atoms with van der Waals surface area (Å²) in [6.07, 6.45) is 9.69. The highest BCUT2D eigenvalue weighted by Gasteiger charge is 2.27. The normalized spacial score (nSPS) is 15.7. The van der Waals surface area contributed by atoms with Gasteiger partial charge in [0.2, 0.25) is 23.8 Å². The molecule has 0 bridgehead atoms. The molecule has 1 aromatic carbocycles. The molecular weight excluding hydrogens is 378 g/mol. The minimum atomic E-state index is 0.620. The van der Waals surface area contributed by atoms with Crippen LogP contribution in [0.1, 0.15) is 12.8 Å². The number of aromatic nitrogens is 7. The first-order chi connectivity index (χ1) is 14.9. The number of hydrogen-bond acceptors (Lipinski definition) is 7. The smallest absolute Gasteiger partial charge is 0.237 e. The molecule has 5 heterocycles. The maximum Gasteiger partial charge on any atom is 0.237 e. The second-order valence-corrected chi connectivity index (χ2v) is 7.48. The molecule has 4 aromatic rings. The van der Waals surface area contributed by atoms with Gasteiger partial charge in [-0.25, -0.2) is 9.97 Å². The molecule has 30 heavy (non-hydrogen) atoms. The van der Waals surface area contributed by atoms with Crippen LogP contribution in [0.25, 0.3) is 11.4 Å². The summed E-state index contributed by atoms with van der Waals surface area (Å²) >= 11 is 0. The first-order valence-corrected chi connectivity index (χ1v) is 10.3. The van der Waals surface area contributed by atoms with E-state index in [1.54, 1.807) is 0 Å². The van der Waals surface area contributed by atoms with Crippen molar-refractivity contribution in [3.8, 4) is 11.4 Å². The third-order valence-electron chi connectivity index (χ3n) is 5.56. The molecule has 3 aromatic heterocycles. The molecule has 150 valence electrons. The number of imidazole rings is 2. The Bertz CT molecular complexity index is 1110. The summed E-state index contributed by atoms with van der Waals surface area (Å²) in [5, 5.41) is 0. The van der Waals surface area contributed by atoms with Crippen LogP contribution in [0.4, 0.5) is 23.8 Å². The Morgan fingerprint density at radius 3 is 1.77 bits per heavy atom. The molecule has 0 N–H and O–H groups in total. The van der Waals surface area contributed by atoms with Crippen LogP contribution in [0.15, 0.2) is 55.1 Å². The first-order valence-electron chi connectivity index (χ1n) is 10.3. The Morgan fingerprint density at radius 1 is 0.633 bits per heavy atom. The Balaban J connectivity index is 1.51. The van der Waals surface area contributed by atoms with Crippen LogP contribution in [-0.4, -0.2) is 47.1 Å². The van der Waals surface area contributed by atoms with Crippen molar-refractivity contribution in [1.29, 1.82) is 0 Å². The minimum Gasteiger partial charge on any atom is -0.317 e. The Morgan fingerprint density at radius 2 is 1.20 bits per heavy atom. The van der Waals surface area contributed by atoms with Crippen LogP contribution < -0.4 is 9.80 Å². The van der Waals surface area contributed by atoms with Crippen molar-refractivity contribution < 1.29 is 0 Å². The number of benzene rings is 1. The summed E-state index contributed by atoms with van der Waals surface area (Å²) in [5.74, 6) is 3.64. The van der Waals surface area contributed by atoms with Crippen molar-refractivity contribution in [3.63, 3.8) is 0 Å². The largest absolute Gasteiger partial charge is 0.317 e. The molecule has 2 aliphatic heterocycles. The summed E-state index contributed by atoms with van der Waals surface area (Å²) in [6.45, 7) is 3.56. The van der Waals surface area contributed by atoms with Crippen molar-refractivity contribution in [2.24, 2.45) is 0 Å². The zero-order valence-electron chi connectivity index (χ0n) is 16.5. The van der Waals surface area contributed by atoms with Crippen LogP contribution in [0.5, 0.6) is 0 Å². The van der Waals surface area contributed by atoms with E-state index in [9.17, 15) is 0 Å². The Labute approximate surface area is 173 Å². The van der Waals surface area contributed by atoms with E-state index in [4.69, 9.17) is 15.0 Å². The van der Waals surface area contributed by atoms with E-state index in [1.807, 2.05) is 55.1 Å². The SMILES string of the molecule is c1ccc(-c2nc(N3CCCn4ccnc43)nc(N3CCCn4ccnc43)n2)cc1. The van der Waals surface area contributed by atoms with Gasteiger partial charge in [0.1, 0.15) is 0 Å². The number of anilines is 4. The standard InChI is InChI=1S/C21H21N9/c1-2-6-16(7-3-1)17-24-18(29-12-4-10-27-14-8-22-20(27)29)26-19(25-17)30-13-5-11-28-15-9-23-21(28)30/h1-3,6-9,14-15H,4-5,10-13H2. The van der Waals surface area contributed by atoms with Gasteiger partial charge < -0.3 is 9.13 Å². The summed E-state index contributed by atoms with van der Waals surface area (Å²) in [6, 6.07) is 10.0. The van der Waals surface area contributed by atoms with Crippen molar-refractivity contribution in [1.82, 2.24) is 34.1 Å². The molecule has 2 aliphatic rings. The third-order valence-corrected chi connectivity index (χ3v) is 5.56. The highest BCUT2D eigenvalue weighted by Crippen LogP contribution is 2.31. The molecule has 9 heteroatoms. The lowest BCUT2D eigenvalue weighted by atomic mass is 10.2. The van der Waals surface area contributed by atoms with Crippen LogP contribution in [-0.2, 0) is 13.1 Å². The van der Waals surface area contributed by atoms with Crippen LogP contribution in [0.2, 0.25) is 0 Å². The third kappa shape index (κ3) is 2.81. The molecule has 0 atom stereocenters. The molecule has 0 amide bonds. The topological polar surface area (TPSA) is 80.8 Å². The number of hydrogen-bond donors (Lipinski definition) is 0. The lowest BCUT2D eigenvalue weighted by Crippen LogP contribution is -2.32. The fourth-order valence-electron chi connectivity index (χ4n) is 4.13. The number of fused-ring (bicyclic) bond motifs is 2. The Hall–Kier alpha value is -3.75. The molecule has 0 fully saturated rings. The summed E-state index contributed by atoms with van der Waals surface area (Å²) in [4.78, 5) is 27.8. The zero-order chi connectivity index (χ0) is 19.9. The second-order valence-electron chi connectivity index (χ2n) is 7.48. The Kier molecular flexibility index (Phi) is 3.97. The predicted molar refractivity (Wildman–Crippen MR) is 113 cm³/mol. The van der Waals surface area contributed by atoms with Gasteiger partial charge in [0, 0.05) is 56.5 Å². The fourth-order valence-corrected chi connectivity index (χ4v) is 4.13. The van der Waals surface area contributed by atoms with Gasteiger partial charge in [-0.15, -0.1) is 0 Å². The van der Waals surface area contributed by atoms with Gasteiger partial charge >= 0.3 is 0 Å². The molecule has 6 rings (SSSR count). The zero-order valence-corrected chi connectivity index (χ0v) is 16.5. The summed E-state index contributed by atoms with van der Waals surface area (Å²) in [7, 11) is 0. The molecule has 0 saturated heterocycles. The summed E-state index contributed by atoms with van der Waals surface area (Å²) in [5.41, 5.74) is 0.961. The molecule has 0 unspecified atom stereocenters.